The summed E-state index contributed by atoms with van der Waals surface area (Å²) in [6, 6.07) is 9.99. The van der Waals surface area contributed by atoms with Gasteiger partial charge in [0, 0.05) is 18.8 Å². The first-order valence-corrected chi connectivity index (χ1v) is 7.66. The molecule has 0 N–H and O–H groups in total. The van der Waals surface area contributed by atoms with E-state index in [-0.39, 0.29) is 12.2 Å². The number of hydrogen-bond donors (Lipinski definition) is 0. The fourth-order valence-electron chi connectivity index (χ4n) is 2.61. The molecule has 0 spiro atoms. The Labute approximate surface area is 130 Å². The highest BCUT2D eigenvalue weighted by atomic mass is 19.1. The van der Waals surface area contributed by atoms with Crippen LogP contribution in [0.3, 0.4) is 0 Å². The molecule has 112 valence electrons. The fourth-order valence-corrected chi connectivity index (χ4v) is 2.61. The first kappa shape index (κ1) is 14.6. The Bertz CT molecular complexity index is 689. The van der Waals surface area contributed by atoms with Gasteiger partial charge in [-0.1, -0.05) is 55.8 Å². The molecule has 0 saturated carbocycles. The lowest BCUT2D eigenvalue weighted by Gasteiger charge is -2.22. The molecule has 1 aliphatic rings. The Balaban J connectivity index is 1.79. The van der Waals surface area contributed by atoms with Gasteiger partial charge in [0.1, 0.15) is 0 Å². The summed E-state index contributed by atoms with van der Waals surface area (Å²) < 4.78 is 15.1. The van der Waals surface area contributed by atoms with Gasteiger partial charge in [-0.05, 0) is 29.2 Å². The van der Waals surface area contributed by atoms with Crippen LogP contribution in [0.1, 0.15) is 36.7 Å². The number of aromatic nitrogens is 2. The molecule has 3 heteroatoms. The number of aryl methyl sites for hydroxylation is 1. The van der Waals surface area contributed by atoms with E-state index in [4.69, 9.17) is 0 Å². The van der Waals surface area contributed by atoms with Gasteiger partial charge in [-0.2, -0.15) is 0 Å². The lowest BCUT2D eigenvalue weighted by molar-refractivity contribution is 0.221. The molecule has 0 fully saturated rings. The largest absolute Gasteiger partial charge is 0.237 e. The zero-order valence-corrected chi connectivity index (χ0v) is 12.7. The third kappa shape index (κ3) is 2.98. The predicted molar refractivity (Wildman–Crippen MR) is 87.0 cm³/mol. The molecule has 0 amide bonds. The Morgan fingerprint density at radius 1 is 1.14 bits per heavy atom. The lowest BCUT2D eigenvalue weighted by Crippen LogP contribution is -2.22. The summed E-state index contributed by atoms with van der Waals surface area (Å²) in [6.45, 7) is 2.10. The van der Waals surface area contributed by atoms with Gasteiger partial charge < -0.3 is 0 Å². The van der Waals surface area contributed by atoms with Crippen LogP contribution in [-0.2, 0) is 12.1 Å². The third-order valence-corrected chi connectivity index (χ3v) is 3.87. The van der Waals surface area contributed by atoms with Gasteiger partial charge in [0.25, 0.3) is 0 Å². The van der Waals surface area contributed by atoms with Crippen molar-refractivity contribution in [3.05, 3.63) is 77.9 Å². The summed E-state index contributed by atoms with van der Waals surface area (Å²) >= 11 is 0. The maximum absolute atomic E-state index is 15.1. The molecule has 1 aliphatic carbocycles. The molecule has 2 aromatic rings. The van der Waals surface area contributed by atoms with Gasteiger partial charge in [0.2, 0.25) is 0 Å². The van der Waals surface area contributed by atoms with Gasteiger partial charge in [-0.15, -0.1) is 0 Å². The van der Waals surface area contributed by atoms with Crippen LogP contribution in [0, 0.1) is 0 Å². The maximum Gasteiger partial charge on any atom is 0.191 e. The van der Waals surface area contributed by atoms with Crippen LogP contribution in [-0.4, -0.2) is 9.97 Å². The van der Waals surface area contributed by atoms with Crippen LogP contribution in [0.2, 0.25) is 0 Å². The molecule has 0 aliphatic heterocycles. The molecule has 1 aromatic carbocycles. The smallest absolute Gasteiger partial charge is 0.191 e. The molecule has 22 heavy (non-hydrogen) atoms. The van der Waals surface area contributed by atoms with Gasteiger partial charge in [-0.3, -0.25) is 0 Å². The second-order valence-corrected chi connectivity index (χ2v) is 5.59. The Kier molecular flexibility index (Phi) is 4.14. The van der Waals surface area contributed by atoms with E-state index in [1.54, 1.807) is 18.5 Å². The molecule has 1 atom stereocenters. The second kappa shape index (κ2) is 6.22. The summed E-state index contributed by atoms with van der Waals surface area (Å²) in [5, 5.41) is 0. The number of rotatable bonds is 4. The molecule has 0 radical (unpaired) electrons. The summed E-state index contributed by atoms with van der Waals surface area (Å²) in [5.41, 5.74) is 1.58. The quantitative estimate of drug-likeness (QED) is 0.821. The second-order valence-electron chi connectivity index (χ2n) is 5.59. The summed E-state index contributed by atoms with van der Waals surface area (Å²) in [5.74, 6) is 0.243. The molecule has 0 bridgehead atoms. The number of hydrogen-bond acceptors (Lipinski definition) is 2. The van der Waals surface area contributed by atoms with Crippen molar-refractivity contribution in [3.63, 3.8) is 0 Å². The fraction of sp³-hybridized carbons (Fsp3) is 0.263. The Morgan fingerprint density at radius 3 is 2.45 bits per heavy atom. The van der Waals surface area contributed by atoms with E-state index in [0.717, 1.165) is 29.5 Å². The molecule has 1 heterocycles. The van der Waals surface area contributed by atoms with Crippen LogP contribution in [0.5, 0.6) is 0 Å². The van der Waals surface area contributed by atoms with Gasteiger partial charge in [0.05, 0.1) is 0 Å². The summed E-state index contributed by atoms with van der Waals surface area (Å²) in [6.07, 6.45) is 11.0. The van der Waals surface area contributed by atoms with Crippen molar-refractivity contribution >= 4 is 5.57 Å². The van der Waals surface area contributed by atoms with Crippen molar-refractivity contribution in [1.29, 1.82) is 0 Å². The molecule has 1 aromatic heterocycles. The van der Waals surface area contributed by atoms with Crippen LogP contribution < -0.4 is 0 Å². The Hall–Kier alpha value is -2.29. The van der Waals surface area contributed by atoms with E-state index in [2.05, 4.69) is 16.9 Å². The molecular weight excluding hydrogens is 275 g/mol. The zero-order chi connectivity index (χ0) is 15.4. The average molecular weight is 294 g/mol. The van der Waals surface area contributed by atoms with Crippen molar-refractivity contribution in [1.82, 2.24) is 9.97 Å². The highest BCUT2D eigenvalue weighted by molar-refractivity contribution is 5.75. The third-order valence-electron chi connectivity index (χ3n) is 3.87. The van der Waals surface area contributed by atoms with Crippen molar-refractivity contribution in [2.75, 3.05) is 0 Å². The number of allylic oxidation sites excluding steroid dienone is 4. The monoisotopic (exact) mass is 294 g/mol. The number of nitrogens with zero attached hydrogens (tertiary/aromatic N) is 2. The number of alkyl halides is 1. The minimum Gasteiger partial charge on any atom is -0.237 e. The number of benzene rings is 1. The van der Waals surface area contributed by atoms with E-state index >= 15 is 4.39 Å². The topological polar surface area (TPSA) is 25.8 Å². The molecule has 2 nitrogen and oxygen atoms in total. The molecule has 0 saturated heterocycles. The lowest BCUT2D eigenvalue weighted by atomic mass is 9.90. The van der Waals surface area contributed by atoms with Crippen molar-refractivity contribution in [3.8, 4) is 0 Å². The van der Waals surface area contributed by atoms with E-state index in [1.807, 2.05) is 42.5 Å². The minimum atomic E-state index is -1.61. The highest BCUT2D eigenvalue weighted by Crippen LogP contribution is 2.35. The first-order chi connectivity index (χ1) is 10.7. The predicted octanol–water partition coefficient (Wildman–Crippen LogP) is 4.64. The Morgan fingerprint density at radius 2 is 1.86 bits per heavy atom. The van der Waals surface area contributed by atoms with E-state index in [1.165, 1.54) is 0 Å². The number of halogens is 1. The van der Waals surface area contributed by atoms with Crippen molar-refractivity contribution in [2.45, 2.75) is 31.9 Å². The SMILES string of the molecule is CCCc1cnc(C2(F)C=CC(c3ccccc3)=CC2)nc1. The van der Waals surface area contributed by atoms with Crippen LogP contribution in [0.15, 0.2) is 61.0 Å². The maximum atomic E-state index is 15.1. The van der Waals surface area contributed by atoms with Gasteiger partial charge >= 0.3 is 0 Å². The standard InChI is InChI=1S/C19H19FN2/c1-2-6-15-13-21-18(22-14-15)19(20)11-9-17(10-12-19)16-7-4-3-5-8-16/h3-5,7-11,13-14H,2,6,12H2,1H3. The van der Waals surface area contributed by atoms with Crippen LogP contribution in [0.25, 0.3) is 5.57 Å². The molecular formula is C19H19FN2. The van der Waals surface area contributed by atoms with Crippen molar-refractivity contribution < 1.29 is 4.39 Å². The first-order valence-electron chi connectivity index (χ1n) is 7.66. The summed E-state index contributed by atoms with van der Waals surface area (Å²) in [4.78, 5) is 8.45. The van der Waals surface area contributed by atoms with Crippen LogP contribution >= 0.6 is 0 Å². The highest BCUT2D eigenvalue weighted by Gasteiger charge is 2.33. The summed E-state index contributed by atoms with van der Waals surface area (Å²) in [7, 11) is 0. The van der Waals surface area contributed by atoms with E-state index in [9.17, 15) is 0 Å². The van der Waals surface area contributed by atoms with E-state index < -0.39 is 5.67 Å². The van der Waals surface area contributed by atoms with Crippen LogP contribution in [0.4, 0.5) is 4.39 Å². The zero-order valence-electron chi connectivity index (χ0n) is 12.7. The molecule has 1 unspecified atom stereocenters. The average Bonchev–Trinajstić information content (AvgIpc) is 2.57. The van der Waals surface area contributed by atoms with Crippen molar-refractivity contribution in [2.24, 2.45) is 0 Å². The van der Waals surface area contributed by atoms with E-state index in [0.29, 0.717) is 0 Å². The van der Waals surface area contributed by atoms with Gasteiger partial charge in [0.15, 0.2) is 11.5 Å². The molecule has 3 rings (SSSR count). The normalized spacial score (nSPS) is 20.7. The minimum absolute atomic E-state index is 0.243. The van der Waals surface area contributed by atoms with Gasteiger partial charge in [-0.25, -0.2) is 14.4 Å².